The predicted octanol–water partition coefficient (Wildman–Crippen LogP) is 2.13. The summed E-state index contributed by atoms with van der Waals surface area (Å²) in [7, 11) is 0. The van der Waals surface area contributed by atoms with Gasteiger partial charge in [-0.3, -0.25) is 0 Å². The fourth-order valence-corrected chi connectivity index (χ4v) is 2.04. The molecule has 0 aliphatic rings. The maximum absolute atomic E-state index is 2.35. The van der Waals surface area contributed by atoms with Crippen molar-refractivity contribution in [1.82, 2.24) is 0 Å². The molecule has 0 bridgehead atoms. The molecule has 0 spiro atoms. The Morgan fingerprint density at radius 3 is 2.50 bits per heavy atom. The molecule has 54 valence electrons. The molecule has 0 saturated carbocycles. The van der Waals surface area contributed by atoms with Crippen LogP contribution in [0.1, 0.15) is 5.56 Å². The minimum atomic E-state index is 0.372. The maximum atomic E-state index is 2.35. The van der Waals surface area contributed by atoms with Gasteiger partial charge < -0.3 is 0 Å². The van der Waals surface area contributed by atoms with Crippen molar-refractivity contribution in [3.8, 4) is 0 Å². The van der Waals surface area contributed by atoms with Crippen molar-refractivity contribution < 1.29 is 0 Å². The third-order valence-electron chi connectivity index (χ3n) is 1.51. The summed E-state index contributed by atoms with van der Waals surface area (Å²) in [5, 5.41) is 1.43. The van der Waals surface area contributed by atoms with Gasteiger partial charge in [-0.2, -0.15) is 0 Å². The molecular weight excluding hydrogens is 183 g/mol. The molecule has 1 heteroatoms. The number of hydrogen-bond acceptors (Lipinski definition) is 0. The summed E-state index contributed by atoms with van der Waals surface area (Å²) in [4.78, 5) is 0. The van der Waals surface area contributed by atoms with Crippen LogP contribution in [0, 0.1) is 0 Å². The van der Waals surface area contributed by atoms with Gasteiger partial charge in [0.15, 0.2) is 0 Å². The van der Waals surface area contributed by atoms with Crippen LogP contribution < -0.4 is 0 Å². The summed E-state index contributed by atoms with van der Waals surface area (Å²) >= 11 is 0.372. The first-order chi connectivity index (χ1) is 4.93. The summed E-state index contributed by atoms with van der Waals surface area (Å²) in [6.07, 6.45) is 1.29. The SMILES string of the molecule is C[AsH]CCc1ccccc1. The standard InChI is InChI=1S/C9H13As/c1-10-8-7-9-5-3-2-4-6-9/h2-6,10H,7-8H2,1H3. The molecule has 0 radical (unpaired) electrons. The van der Waals surface area contributed by atoms with Crippen LogP contribution in [0.2, 0.25) is 10.9 Å². The quantitative estimate of drug-likeness (QED) is 0.649. The van der Waals surface area contributed by atoms with Gasteiger partial charge >= 0.3 is 69.0 Å². The number of aryl methyl sites for hydroxylation is 1. The Kier molecular flexibility index (Phi) is 3.60. The molecule has 0 aliphatic carbocycles. The van der Waals surface area contributed by atoms with Crippen LogP contribution in [0.5, 0.6) is 0 Å². The van der Waals surface area contributed by atoms with E-state index >= 15 is 0 Å². The first-order valence-electron chi connectivity index (χ1n) is 3.62. The van der Waals surface area contributed by atoms with E-state index in [9.17, 15) is 0 Å². The second-order valence-electron chi connectivity index (χ2n) is 2.34. The van der Waals surface area contributed by atoms with Crippen molar-refractivity contribution in [2.75, 3.05) is 0 Å². The van der Waals surface area contributed by atoms with Crippen LogP contribution in [0.25, 0.3) is 0 Å². The van der Waals surface area contributed by atoms with Crippen LogP contribution in [0.15, 0.2) is 30.3 Å². The van der Waals surface area contributed by atoms with E-state index in [-0.39, 0.29) is 0 Å². The molecule has 0 saturated heterocycles. The molecule has 1 rings (SSSR count). The zero-order valence-electron chi connectivity index (χ0n) is 6.30. The molecule has 1 atom stereocenters. The average Bonchev–Trinajstić information content (AvgIpc) is 2.03. The molecule has 1 aromatic rings. The first-order valence-corrected chi connectivity index (χ1v) is 7.20. The van der Waals surface area contributed by atoms with Gasteiger partial charge in [-0.25, -0.2) is 0 Å². The monoisotopic (exact) mass is 196 g/mol. The molecule has 10 heavy (non-hydrogen) atoms. The molecule has 0 N–H and O–H groups in total. The van der Waals surface area contributed by atoms with Crippen molar-refractivity contribution in [2.45, 2.75) is 17.3 Å². The van der Waals surface area contributed by atoms with Crippen molar-refractivity contribution >= 4 is 15.8 Å². The van der Waals surface area contributed by atoms with Crippen molar-refractivity contribution in [3.63, 3.8) is 0 Å². The Labute approximate surface area is 69.3 Å². The van der Waals surface area contributed by atoms with Crippen molar-refractivity contribution in [1.29, 1.82) is 0 Å². The van der Waals surface area contributed by atoms with Crippen LogP contribution in [0.3, 0.4) is 0 Å². The Morgan fingerprint density at radius 1 is 1.20 bits per heavy atom. The molecule has 0 fully saturated rings. The second-order valence-corrected chi connectivity index (χ2v) is 4.87. The third-order valence-corrected chi connectivity index (χ3v) is 3.08. The predicted molar refractivity (Wildman–Crippen MR) is 48.0 cm³/mol. The Morgan fingerprint density at radius 2 is 1.90 bits per heavy atom. The van der Waals surface area contributed by atoms with E-state index in [0.29, 0.717) is 15.8 Å². The van der Waals surface area contributed by atoms with Gasteiger partial charge in [0.1, 0.15) is 0 Å². The Hall–Kier alpha value is -0.222. The van der Waals surface area contributed by atoms with Crippen LogP contribution in [-0.2, 0) is 6.42 Å². The van der Waals surface area contributed by atoms with E-state index in [1.807, 2.05) is 0 Å². The van der Waals surface area contributed by atoms with E-state index in [2.05, 4.69) is 36.0 Å². The van der Waals surface area contributed by atoms with Crippen LogP contribution in [-0.4, -0.2) is 15.8 Å². The van der Waals surface area contributed by atoms with Crippen molar-refractivity contribution in [2.24, 2.45) is 0 Å². The van der Waals surface area contributed by atoms with Crippen molar-refractivity contribution in [3.05, 3.63) is 35.9 Å². The van der Waals surface area contributed by atoms with Gasteiger partial charge in [0.25, 0.3) is 0 Å². The third kappa shape index (κ3) is 2.58. The van der Waals surface area contributed by atoms with Gasteiger partial charge in [0.05, 0.1) is 0 Å². The number of hydrogen-bond donors (Lipinski definition) is 0. The molecule has 0 amide bonds. The Bertz CT molecular complexity index is 169. The molecular formula is C9H13As. The summed E-state index contributed by atoms with van der Waals surface area (Å²) in [5.41, 5.74) is 3.84. The molecule has 0 heterocycles. The van der Waals surface area contributed by atoms with E-state index < -0.39 is 0 Å². The Balaban J connectivity index is 2.43. The van der Waals surface area contributed by atoms with E-state index in [4.69, 9.17) is 0 Å². The van der Waals surface area contributed by atoms with E-state index in [1.165, 1.54) is 17.2 Å². The molecule has 0 aliphatic heterocycles. The summed E-state index contributed by atoms with van der Waals surface area (Å²) in [5.74, 6) is 0. The van der Waals surface area contributed by atoms with Crippen LogP contribution in [0.4, 0.5) is 0 Å². The molecule has 1 unspecified atom stereocenters. The summed E-state index contributed by atoms with van der Waals surface area (Å²) in [6.45, 7) is 0. The molecule has 0 aromatic heterocycles. The van der Waals surface area contributed by atoms with Gasteiger partial charge in [0, 0.05) is 0 Å². The molecule has 1 aromatic carbocycles. The second kappa shape index (κ2) is 4.57. The zero-order chi connectivity index (χ0) is 7.23. The first kappa shape index (κ1) is 7.88. The van der Waals surface area contributed by atoms with Gasteiger partial charge in [-0.05, 0) is 0 Å². The van der Waals surface area contributed by atoms with Crippen LogP contribution >= 0.6 is 0 Å². The minimum absolute atomic E-state index is 0.372. The van der Waals surface area contributed by atoms with Gasteiger partial charge in [0.2, 0.25) is 0 Å². The van der Waals surface area contributed by atoms with E-state index in [0.717, 1.165) is 0 Å². The fraction of sp³-hybridized carbons (Fsp3) is 0.333. The zero-order valence-corrected chi connectivity index (χ0v) is 8.40. The number of benzene rings is 1. The normalized spacial score (nSPS) is 10.9. The number of rotatable bonds is 3. The van der Waals surface area contributed by atoms with Gasteiger partial charge in [-0.1, -0.05) is 0 Å². The van der Waals surface area contributed by atoms with Gasteiger partial charge in [-0.15, -0.1) is 0 Å². The topological polar surface area (TPSA) is 0 Å². The fourth-order valence-electron chi connectivity index (χ4n) is 0.914. The average molecular weight is 196 g/mol. The summed E-state index contributed by atoms with van der Waals surface area (Å²) in [6, 6.07) is 10.7. The molecule has 0 nitrogen and oxygen atoms in total. The van der Waals surface area contributed by atoms with E-state index in [1.54, 1.807) is 0 Å². The summed E-state index contributed by atoms with van der Waals surface area (Å²) < 4.78 is 0.